The molecule has 32 heavy (non-hydrogen) atoms. The van der Waals surface area contributed by atoms with Crippen LogP contribution in [0.5, 0.6) is 0 Å². The first kappa shape index (κ1) is 21.8. The van der Waals surface area contributed by atoms with Crippen molar-refractivity contribution in [1.29, 1.82) is 0 Å². The Morgan fingerprint density at radius 3 is 2.78 bits per heavy atom. The second kappa shape index (κ2) is 9.44. The molecule has 10 heteroatoms. The summed E-state index contributed by atoms with van der Waals surface area (Å²) in [5.74, 6) is -0.967. The van der Waals surface area contributed by atoms with E-state index in [4.69, 9.17) is 42.5 Å². The van der Waals surface area contributed by atoms with Crippen LogP contribution in [0.25, 0.3) is 10.2 Å². The predicted octanol–water partition coefficient (Wildman–Crippen LogP) is 5.22. The molecule has 1 saturated heterocycles. The average molecular weight is 492 g/mol. The number of halogens is 2. The maximum Gasteiger partial charge on any atom is 0.214 e. The SMILES string of the molecule is Clc1ccc(C2(Cn3ccnc3)OCC(COOCc3nc4ccc(Cl)cc4s3)O2)cc1. The quantitative estimate of drug-likeness (QED) is 0.191. The Morgan fingerprint density at radius 2 is 1.97 bits per heavy atom. The lowest BCUT2D eigenvalue weighted by atomic mass is 10.1. The minimum absolute atomic E-state index is 0.218. The first-order valence-electron chi connectivity index (χ1n) is 9.93. The van der Waals surface area contributed by atoms with E-state index in [0.717, 1.165) is 20.8 Å². The van der Waals surface area contributed by atoms with Gasteiger partial charge in [-0.1, -0.05) is 35.3 Å². The number of hydrogen-bond acceptors (Lipinski definition) is 7. The molecule has 0 spiro atoms. The van der Waals surface area contributed by atoms with Gasteiger partial charge in [-0.05, 0) is 30.3 Å². The highest BCUT2D eigenvalue weighted by Crippen LogP contribution is 2.37. The van der Waals surface area contributed by atoms with E-state index in [2.05, 4.69) is 9.97 Å². The van der Waals surface area contributed by atoms with Crippen LogP contribution in [0, 0.1) is 0 Å². The predicted molar refractivity (Wildman–Crippen MR) is 122 cm³/mol. The number of imidazole rings is 1. The average Bonchev–Trinajstić information content (AvgIpc) is 3.52. The minimum atomic E-state index is -0.967. The van der Waals surface area contributed by atoms with Gasteiger partial charge >= 0.3 is 0 Å². The number of hydrogen-bond donors (Lipinski definition) is 0. The number of nitrogens with zero attached hydrogens (tertiary/aromatic N) is 3. The van der Waals surface area contributed by atoms with E-state index in [9.17, 15) is 0 Å². The van der Waals surface area contributed by atoms with Crippen LogP contribution in [0.15, 0.2) is 61.2 Å². The van der Waals surface area contributed by atoms with E-state index in [1.165, 1.54) is 11.3 Å². The van der Waals surface area contributed by atoms with E-state index < -0.39 is 5.79 Å². The van der Waals surface area contributed by atoms with Crippen molar-refractivity contribution in [3.8, 4) is 0 Å². The topological polar surface area (TPSA) is 67.6 Å². The molecule has 2 aromatic heterocycles. The molecule has 0 amide bonds. The van der Waals surface area contributed by atoms with Crippen molar-refractivity contribution in [3.05, 3.63) is 81.8 Å². The van der Waals surface area contributed by atoms with Crippen LogP contribution >= 0.6 is 34.5 Å². The fraction of sp³-hybridized carbons (Fsp3) is 0.273. The van der Waals surface area contributed by atoms with Gasteiger partial charge in [-0.15, -0.1) is 11.3 Å². The fourth-order valence-corrected chi connectivity index (χ4v) is 4.79. The summed E-state index contributed by atoms with van der Waals surface area (Å²) in [5.41, 5.74) is 1.75. The van der Waals surface area contributed by atoms with E-state index in [0.29, 0.717) is 23.2 Å². The van der Waals surface area contributed by atoms with E-state index in [-0.39, 0.29) is 19.3 Å². The molecule has 5 rings (SSSR count). The Morgan fingerprint density at radius 1 is 1.12 bits per heavy atom. The fourth-order valence-electron chi connectivity index (χ4n) is 3.52. The van der Waals surface area contributed by atoms with Gasteiger partial charge in [0.1, 0.15) is 24.3 Å². The van der Waals surface area contributed by atoms with Gasteiger partial charge in [-0.25, -0.2) is 19.7 Å². The van der Waals surface area contributed by atoms with Gasteiger partial charge in [0.05, 0.1) is 29.7 Å². The lowest BCUT2D eigenvalue weighted by Crippen LogP contribution is -2.34. The van der Waals surface area contributed by atoms with E-state index >= 15 is 0 Å². The van der Waals surface area contributed by atoms with Crippen molar-refractivity contribution in [1.82, 2.24) is 14.5 Å². The largest absolute Gasteiger partial charge is 0.342 e. The Balaban J connectivity index is 1.20. The second-order valence-electron chi connectivity index (χ2n) is 7.31. The molecule has 7 nitrogen and oxygen atoms in total. The molecule has 0 N–H and O–H groups in total. The molecule has 0 radical (unpaired) electrons. The Hall–Kier alpha value is -2.04. The third kappa shape index (κ3) is 4.82. The Kier molecular flexibility index (Phi) is 6.43. The summed E-state index contributed by atoms with van der Waals surface area (Å²) in [6.45, 7) is 1.26. The smallest absolute Gasteiger partial charge is 0.214 e. The molecule has 0 aliphatic carbocycles. The molecule has 2 unspecified atom stereocenters. The molecule has 1 aliphatic rings. The number of ether oxygens (including phenoxy) is 2. The molecule has 3 heterocycles. The van der Waals surface area contributed by atoms with Crippen molar-refractivity contribution in [3.63, 3.8) is 0 Å². The minimum Gasteiger partial charge on any atom is -0.342 e. The number of benzene rings is 2. The highest BCUT2D eigenvalue weighted by atomic mass is 35.5. The summed E-state index contributed by atoms with van der Waals surface area (Å²) in [5, 5.41) is 2.14. The van der Waals surface area contributed by atoms with Crippen LogP contribution in [-0.2, 0) is 38.2 Å². The van der Waals surface area contributed by atoms with Gasteiger partial charge in [0, 0.05) is 28.0 Å². The Labute approximate surface area is 198 Å². The number of thiazole rings is 1. The van der Waals surface area contributed by atoms with Crippen LogP contribution < -0.4 is 0 Å². The molecule has 4 aromatic rings. The van der Waals surface area contributed by atoms with Crippen LogP contribution in [0.4, 0.5) is 0 Å². The van der Waals surface area contributed by atoms with Crippen molar-refractivity contribution < 1.29 is 19.2 Å². The normalized spacial score (nSPS) is 20.9. The van der Waals surface area contributed by atoms with Gasteiger partial charge < -0.3 is 14.0 Å². The highest BCUT2D eigenvalue weighted by Gasteiger charge is 2.44. The molecule has 0 saturated carbocycles. The molecular formula is C22H19Cl2N3O4S. The zero-order valence-corrected chi connectivity index (χ0v) is 19.1. The molecule has 1 aliphatic heterocycles. The summed E-state index contributed by atoms with van der Waals surface area (Å²) >= 11 is 13.6. The molecule has 1 fully saturated rings. The number of aromatic nitrogens is 3. The first-order valence-corrected chi connectivity index (χ1v) is 11.5. The summed E-state index contributed by atoms with van der Waals surface area (Å²) < 4.78 is 15.4. The molecule has 2 aromatic carbocycles. The van der Waals surface area contributed by atoms with Gasteiger partial charge in [-0.2, -0.15) is 0 Å². The second-order valence-corrected chi connectivity index (χ2v) is 9.30. The summed E-state index contributed by atoms with van der Waals surface area (Å²) in [7, 11) is 0. The van der Waals surface area contributed by atoms with Crippen LogP contribution in [0.2, 0.25) is 10.0 Å². The summed E-state index contributed by atoms with van der Waals surface area (Å²) in [4.78, 5) is 19.4. The van der Waals surface area contributed by atoms with Gasteiger partial charge in [0.2, 0.25) is 5.79 Å². The summed E-state index contributed by atoms with van der Waals surface area (Å²) in [6, 6.07) is 13.0. The number of fused-ring (bicyclic) bond motifs is 1. The van der Waals surface area contributed by atoms with Crippen LogP contribution in [0.1, 0.15) is 10.6 Å². The van der Waals surface area contributed by atoms with Crippen LogP contribution in [-0.4, -0.2) is 33.9 Å². The van der Waals surface area contributed by atoms with E-state index in [1.54, 1.807) is 12.5 Å². The maximum atomic E-state index is 6.32. The number of rotatable bonds is 8. The van der Waals surface area contributed by atoms with Crippen LogP contribution in [0.3, 0.4) is 0 Å². The van der Waals surface area contributed by atoms with Crippen molar-refractivity contribution in [2.45, 2.75) is 25.0 Å². The lowest BCUT2D eigenvalue weighted by molar-refractivity contribution is -0.317. The van der Waals surface area contributed by atoms with Crippen molar-refractivity contribution in [2.24, 2.45) is 0 Å². The van der Waals surface area contributed by atoms with Crippen molar-refractivity contribution >= 4 is 44.8 Å². The third-order valence-corrected chi connectivity index (χ3v) is 6.49. The standard InChI is InChI=1S/C22H19Cl2N3O4S/c23-16-3-1-15(2-4-16)22(13-27-8-7-25-14-27)28-10-18(31-22)11-29-30-12-21-26-19-6-5-17(24)9-20(19)32-21/h1-9,14,18H,10-13H2. The lowest BCUT2D eigenvalue weighted by Gasteiger charge is -2.29. The molecular weight excluding hydrogens is 473 g/mol. The van der Waals surface area contributed by atoms with Gasteiger partial charge in [-0.3, -0.25) is 0 Å². The molecule has 0 bridgehead atoms. The summed E-state index contributed by atoms with van der Waals surface area (Å²) in [6.07, 6.45) is 5.00. The first-order chi connectivity index (χ1) is 15.6. The zero-order chi connectivity index (χ0) is 22.0. The van der Waals surface area contributed by atoms with Gasteiger partial charge in [0.15, 0.2) is 0 Å². The maximum absolute atomic E-state index is 6.32. The Bertz CT molecular complexity index is 1190. The van der Waals surface area contributed by atoms with E-state index in [1.807, 2.05) is 53.2 Å². The monoisotopic (exact) mass is 491 g/mol. The van der Waals surface area contributed by atoms with Gasteiger partial charge in [0.25, 0.3) is 0 Å². The third-order valence-electron chi connectivity index (χ3n) is 5.01. The molecule has 166 valence electrons. The van der Waals surface area contributed by atoms with Crippen molar-refractivity contribution in [2.75, 3.05) is 13.2 Å². The zero-order valence-electron chi connectivity index (χ0n) is 16.8. The molecule has 2 atom stereocenters. The highest BCUT2D eigenvalue weighted by molar-refractivity contribution is 7.18.